The van der Waals surface area contributed by atoms with Crippen molar-refractivity contribution < 1.29 is 31.1 Å². The summed E-state index contributed by atoms with van der Waals surface area (Å²) in [6.07, 6.45) is 0.183. The van der Waals surface area contributed by atoms with E-state index in [1.165, 1.54) is 0 Å². The van der Waals surface area contributed by atoms with E-state index in [0.717, 1.165) is 55.8 Å². The summed E-state index contributed by atoms with van der Waals surface area (Å²) in [5.41, 5.74) is 0.585. The van der Waals surface area contributed by atoms with Gasteiger partial charge in [-0.1, -0.05) is 31.6 Å². The predicted octanol–water partition coefficient (Wildman–Crippen LogP) is 5.07. The van der Waals surface area contributed by atoms with Crippen molar-refractivity contribution in [3.8, 4) is 0 Å². The van der Waals surface area contributed by atoms with Crippen LogP contribution in [0.1, 0.15) is 69.6 Å². The predicted molar refractivity (Wildman–Crippen MR) is 132 cm³/mol. The first-order valence-corrected chi connectivity index (χ1v) is 14.4. The van der Waals surface area contributed by atoms with Crippen LogP contribution in [-0.2, 0) is 14.8 Å². The number of carbonyl (C=O) groups is 1. The highest BCUT2D eigenvalue weighted by Crippen LogP contribution is 2.48. The van der Waals surface area contributed by atoms with E-state index in [1.807, 2.05) is 6.92 Å². The van der Waals surface area contributed by atoms with Gasteiger partial charge in [0.05, 0.1) is 17.5 Å². The maximum atomic E-state index is 12.9. The van der Waals surface area contributed by atoms with Gasteiger partial charge in [0, 0.05) is 30.6 Å². The lowest BCUT2D eigenvalue weighted by molar-refractivity contribution is -0.106. The number of hydrogen-bond acceptors (Lipinski definition) is 10. The zero-order valence-electron chi connectivity index (χ0n) is 21.1. The van der Waals surface area contributed by atoms with Crippen LogP contribution in [0.2, 0.25) is 0 Å². The Morgan fingerprint density at radius 2 is 2.05 bits per heavy atom. The van der Waals surface area contributed by atoms with Gasteiger partial charge in [0.25, 0.3) is 5.13 Å². The zero-order valence-corrected chi connectivity index (χ0v) is 22.8. The molecule has 10 nitrogen and oxygen atoms in total. The van der Waals surface area contributed by atoms with Crippen molar-refractivity contribution >= 4 is 32.5 Å². The number of piperidine rings is 1. The van der Waals surface area contributed by atoms with Crippen LogP contribution < -0.4 is 4.72 Å². The number of carbonyl (C=O) groups excluding carboxylic acids is 1. The molecule has 206 valence electrons. The molecule has 1 aliphatic carbocycles. The first-order chi connectivity index (χ1) is 17.2. The molecule has 1 atom stereocenters. The second-order valence-electron chi connectivity index (χ2n) is 9.59. The minimum Gasteiger partial charge on any atom is -0.458 e. The lowest BCUT2D eigenvalue weighted by Crippen LogP contribution is -2.43. The average Bonchev–Trinajstić information content (AvgIpc) is 3.23. The number of halogens is 3. The number of sulfonamides is 1. The molecule has 0 unspecified atom stereocenters. The quantitative estimate of drug-likeness (QED) is 0.311. The number of hydrogen-bond donors (Lipinski definition) is 1. The van der Waals surface area contributed by atoms with Crippen LogP contribution in [0.25, 0.3) is 0 Å². The molecule has 15 heteroatoms. The number of nitrogens with one attached hydrogen (secondary N) is 1. The van der Waals surface area contributed by atoms with Crippen molar-refractivity contribution in [3.63, 3.8) is 0 Å². The topological polar surface area (TPSA) is 126 Å². The molecule has 0 aromatic carbocycles. The summed E-state index contributed by atoms with van der Waals surface area (Å²) < 4.78 is 70.5. The van der Waals surface area contributed by atoms with Crippen LogP contribution in [0.15, 0.2) is 33.4 Å². The zero-order chi connectivity index (χ0) is 27.4. The van der Waals surface area contributed by atoms with Gasteiger partial charge in [-0.15, -0.1) is 15.3 Å². The third kappa shape index (κ3) is 7.97. The molecule has 1 N–H and O–H groups in total. The molecule has 2 heterocycles. The van der Waals surface area contributed by atoms with E-state index in [0.29, 0.717) is 0 Å². The SMILES string of the molecule is CCCCN1CCC[C@@]2(C)CC(N=Nc3nnc(C(=O)OC(C)C)s3)=C(NS(=O)(=O)CC(F)(F)F)C=C12. The fraction of sp³-hybridized carbons (Fsp3) is 0.682. The van der Waals surface area contributed by atoms with Crippen molar-refractivity contribution in [2.75, 3.05) is 18.8 Å². The van der Waals surface area contributed by atoms with Gasteiger partial charge in [-0.2, -0.15) is 18.3 Å². The molecule has 37 heavy (non-hydrogen) atoms. The Morgan fingerprint density at radius 3 is 2.70 bits per heavy atom. The summed E-state index contributed by atoms with van der Waals surface area (Å²) in [5, 5.41) is 15.7. The van der Waals surface area contributed by atoms with Crippen LogP contribution in [0, 0.1) is 5.41 Å². The van der Waals surface area contributed by atoms with Crippen molar-refractivity contribution in [2.24, 2.45) is 15.6 Å². The number of azo groups is 1. The first kappa shape index (κ1) is 29.0. The number of fused-ring (bicyclic) bond motifs is 1. The number of alkyl halides is 3. The number of likely N-dealkylation sites (tertiary alicyclic amines) is 1. The number of aromatic nitrogens is 2. The van der Waals surface area contributed by atoms with Gasteiger partial charge in [-0.05, 0) is 39.2 Å². The molecule has 1 saturated heterocycles. The lowest BCUT2D eigenvalue weighted by atomic mass is 9.72. The van der Waals surface area contributed by atoms with Crippen LogP contribution in [0.5, 0.6) is 0 Å². The number of unbranched alkanes of at least 4 members (excludes halogenated alkanes) is 1. The van der Waals surface area contributed by atoms with E-state index >= 15 is 0 Å². The molecule has 0 radical (unpaired) electrons. The second kappa shape index (κ2) is 11.5. The number of allylic oxidation sites excluding steroid dienone is 3. The largest absolute Gasteiger partial charge is 0.458 e. The van der Waals surface area contributed by atoms with E-state index in [9.17, 15) is 26.4 Å². The smallest absolute Gasteiger partial charge is 0.404 e. The standard InChI is InChI=1S/C22H31F3N6O4S2/c1-5-6-9-31-10-7-8-21(4)12-16(15(11-17(21)31)30-37(33,34)13-22(23,24)25)26-28-20-29-27-18(36-20)19(32)35-14(2)3/h11,14,30H,5-10,12-13H2,1-4H3/t21-/m0/s1. The van der Waals surface area contributed by atoms with Gasteiger partial charge in [0.15, 0.2) is 5.75 Å². The Hall–Kier alpha value is -2.55. The summed E-state index contributed by atoms with van der Waals surface area (Å²) in [7, 11) is -4.75. The fourth-order valence-corrected chi connectivity index (χ4v) is 5.87. The van der Waals surface area contributed by atoms with Gasteiger partial charge in [0.2, 0.25) is 15.0 Å². The fourth-order valence-electron chi connectivity index (χ4n) is 4.30. The third-order valence-corrected chi connectivity index (χ3v) is 7.88. The molecule has 1 fully saturated rings. The van der Waals surface area contributed by atoms with Crippen molar-refractivity contribution in [2.45, 2.75) is 72.1 Å². The van der Waals surface area contributed by atoms with Gasteiger partial charge in [-0.25, -0.2) is 13.2 Å². The Labute approximate surface area is 218 Å². The van der Waals surface area contributed by atoms with E-state index in [4.69, 9.17) is 4.74 Å². The van der Waals surface area contributed by atoms with Crippen LogP contribution in [-0.4, -0.2) is 60.6 Å². The van der Waals surface area contributed by atoms with Gasteiger partial charge >= 0.3 is 12.1 Å². The Morgan fingerprint density at radius 1 is 1.32 bits per heavy atom. The van der Waals surface area contributed by atoms with Gasteiger partial charge in [0.1, 0.15) is 0 Å². The highest BCUT2D eigenvalue weighted by atomic mass is 32.2. The molecule has 2 aliphatic rings. The van der Waals surface area contributed by atoms with Gasteiger partial charge < -0.3 is 9.64 Å². The Kier molecular flexibility index (Phi) is 8.98. The molecule has 0 spiro atoms. The Bertz CT molecular complexity index is 1190. The minimum atomic E-state index is -4.91. The average molecular weight is 565 g/mol. The van der Waals surface area contributed by atoms with E-state index in [-0.39, 0.29) is 34.1 Å². The summed E-state index contributed by atoms with van der Waals surface area (Å²) >= 11 is 0.834. The van der Waals surface area contributed by atoms with Crippen molar-refractivity contribution in [1.82, 2.24) is 19.8 Å². The van der Waals surface area contributed by atoms with Crippen LogP contribution in [0.3, 0.4) is 0 Å². The summed E-state index contributed by atoms with van der Waals surface area (Å²) in [5.74, 6) is -2.69. The molecule has 1 aromatic rings. The molecule has 0 amide bonds. The van der Waals surface area contributed by atoms with Crippen LogP contribution >= 0.6 is 11.3 Å². The third-order valence-electron chi connectivity index (χ3n) is 5.85. The van der Waals surface area contributed by atoms with E-state index in [2.05, 4.69) is 37.0 Å². The second-order valence-corrected chi connectivity index (χ2v) is 12.3. The molecule has 0 saturated carbocycles. The maximum Gasteiger partial charge on any atom is 0.404 e. The number of rotatable bonds is 10. The van der Waals surface area contributed by atoms with Crippen molar-refractivity contribution in [3.05, 3.63) is 28.2 Å². The molecule has 1 aliphatic heterocycles. The molecule has 3 rings (SSSR count). The van der Waals surface area contributed by atoms with E-state index in [1.54, 1.807) is 19.9 Å². The molecular formula is C22H31F3N6O4S2. The van der Waals surface area contributed by atoms with E-state index < -0.39 is 33.3 Å². The van der Waals surface area contributed by atoms with Gasteiger partial charge in [-0.3, -0.25) is 4.72 Å². The highest BCUT2D eigenvalue weighted by Gasteiger charge is 2.41. The van der Waals surface area contributed by atoms with Crippen LogP contribution in [0.4, 0.5) is 18.3 Å². The first-order valence-electron chi connectivity index (χ1n) is 11.9. The summed E-state index contributed by atoms with van der Waals surface area (Å²) in [6.45, 7) is 9.01. The number of esters is 1. The highest BCUT2D eigenvalue weighted by molar-refractivity contribution is 7.89. The minimum absolute atomic E-state index is 0.0221. The summed E-state index contributed by atoms with van der Waals surface area (Å²) in [6, 6.07) is 0. The molecule has 1 aromatic heterocycles. The summed E-state index contributed by atoms with van der Waals surface area (Å²) in [4.78, 5) is 14.2. The monoisotopic (exact) mass is 564 g/mol. The number of ether oxygens (including phenoxy) is 1. The maximum absolute atomic E-state index is 12.9. The van der Waals surface area contributed by atoms with Crippen molar-refractivity contribution in [1.29, 1.82) is 0 Å². The normalized spacial score (nSPS) is 20.9. The molecule has 0 bridgehead atoms. The Balaban J connectivity index is 1.98. The number of nitrogens with zero attached hydrogens (tertiary/aromatic N) is 5. The molecular weight excluding hydrogens is 533 g/mol. The lowest BCUT2D eigenvalue weighted by Gasteiger charge is -2.46.